The van der Waals surface area contributed by atoms with Crippen molar-refractivity contribution in [1.82, 2.24) is 4.90 Å². The van der Waals surface area contributed by atoms with Crippen LogP contribution < -0.4 is 14.2 Å². The molecule has 148 valence electrons. The van der Waals surface area contributed by atoms with Gasteiger partial charge in [0.2, 0.25) is 5.91 Å². The topological polar surface area (TPSA) is 48.0 Å². The summed E-state index contributed by atoms with van der Waals surface area (Å²) in [6, 6.07) is 13.7. The van der Waals surface area contributed by atoms with Crippen LogP contribution in [0.15, 0.2) is 54.6 Å². The molecular formula is C21H21F2NO4. The number of halogens is 2. The number of benzene rings is 2. The Balaban J connectivity index is 1.64. The summed E-state index contributed by atoms with van der Waals surface area (Å²) >= 11 is 0. The summed E-state index contributed by atoms with van der Waals surface area (Å²) in [5.41, 5.74) is 0.401. The van der Waals surface area contributed by atoms with E-state index >= 15 is 0 Å². The Hall–Kier alpha value is -3.09. The first-order valence-electron chi connectivity index (χ1n) is 8.96. The van der Waals surface area contributed by atoms with Gasteiger partial charge in [0.1, 0.15) is 12.4 Å². The zero-order valence-corrected chi connectivity index (χ0v) is 15.4. The van der Waals surface area contributed by atoms with E-state index in [1.54, 1.807) is 23.1 Å². The maximum Gasteiger partial charge on any atom is 0.387 e. The molecule has 1 heterocycles. The van der Waals surface area contributed by atoms with E-state index in [9.17, 15) is 13.6 Å². The second-order valence-corrected chi connectivity index (χ2v) is 6.12. The van der Waals surface area contributed by atoms with Crippen molar-refractivity contribution < 1.29 is 27.8 Å². The molecule has 1 amide bonds. The number of carbonyl (C=O) groups is 1. The highest BCUT2D eigenvalue weighted by atomic mass is 19.3. The number of fused-ring (bicyclic) bond motifs is 1. The summed E-state index contributed by atoms with van der Waals surface area (Å²) in [6.07, 6.45) is 2.52. The molecule has 1 atom stereocenters. The van der Waals surface area contributed by atoms with Crippen LogP contribution in [0.2, 0.25) is 0 Å². The van der Waals surface area contributed by atoms with Crippen molar-refractivity contribution in [3.8, 4) is 17.2 Å². The normalized spacial score (nSPS) is 15.6. The minimum Gasteiger partial charge on any atom is -0.486 e. The molecule has 0 aromatic heterocycles. The molecule has 0 radical (unpaired) electrons. The number of ether oxygens (including phenoxy) is 3. The van der Waals surface area contributed by atoms with Crippen molar-refractivity contribution in [2.75, 3.05) is 19.7 Å². The summed E-state index contributed by atoms with van der Waals surface area (Å²) in [7, 11) is 0. The Labute approximate surface area is 162 Å². The lowest BCUT2D eigenvalue weighted by Crippen LogP contribution is -2.43. The predicted molar refractivity (Wildman–Crippen MR) is 101 cm³/mol. The van der Waals surface area contributed by atoms with Crippen molar-refractivity contribution in [3.63, 3.8) is 0 Å². The van der Waals surface area contributed by atoms with Crippen LogP contribution in [0.5, 0.6) is 17.2 Å². The van der Waals surface area contributed by atoms with E-state index in [4.69, 9.17) is 9.47 Å². The van der Waals surface area contributed by atoms with E-state index in [1.807, 2.05) is 31.2 Å². The van der Waals surface area contributed by atoms with E-state index in [0.717, 1.165) is 0 Å². The lowest BCUT2D eigenvalue weighted by atomic mass is 10.2. The number of rotatable bonds is 7. The highest BCUT2D eigenvalue weighted by Gasteiger charge is 2.24. The fourth-order valence-corrected chi connectivity index (χ4v) is 2.86. The van der Waals surface area contributed by atoms with Crippen LogP contribution in [0.4, 0.5) is 8.78 Å². The van der Waals surface area contributed by atoms with Gasteiger partial charge in [0.15, 0.2) is 17.6 Å². The van der Waals surface area contributed by atoms with E-state index in [1.165, 1.54) is 18.2 Å². The second-order valence-electron chi connectivity index (χ2n) is 6.12. The number of nitrogens with zero attached hydrogens (tertiary/aromatic N) is 1. The molecule has 1 unspecified atom stereocenters. The van der Waals surface area contributed by atoms with Gasteiger partial charge in [-0.05, 0) is 31.2 Å². The van der Waals surface area contributed by atoms with Crippen molar-refractivity contribution in [3.05, 3.63) is 60.2 Å². The molecule has 0 saturated heterocycles. The highest BCUT2D eigenvalue weighted by Crippen LogP contribution is 2.31. The summed E-state index contributed by atoms with van der Waals surface area (Å²) < 4.78 is 41.0. The molecule has 28 heavy (non-hydrogen) atoms. The van der Waals surface area contributed by atoms with E-state index < -0.39 is 6.61 Å². The standard InChI is InChI=1S/C21H21F2NO4/c1-2-24(13-16-14-26-18-9-5-6-10-19(18)27-16)20(25)12-11-15-7-3-4-8-17(15)28-21(22)23/h3-12,16,21H,2,13-14H2,1H3. The number of alkyl halides is 2. The number of hydrogen-bond donors (Lipinski definition) is 0. The minimum absolute atomic E-state index is 0.0187. The molecule has 0 spiro atoms. The average molecular weight is 389 g/mol. The van der Waals surface area contributed by atoms with E-state index in [-0.39, 0.29) is 17.8 Å². The SMILES string of the molecule is CCN(CC1COc2ccccc2O1)C(=O)C=Cc1ccccc1OC(F)F. The molecule has 2 aromatic carbocycles. The Kier molecular flexibility index (Phi) is 6.47. The van der Waals surface area contributed by atoms with Crippen molar-refractivity contribution in [2.45, 2.75) is 19.6 Å². The maximum atomic E-state index is 12.6. The third-order valence-corrected chi connectivity index (χ3v) is 4.23. The van der Waals surface area contributed by atoms with E-state index in [2.05, 4.69) is 4.74 Å². The molecule has 0 fully saturated rings. The van der Waals surface area contributed by atoms with Gasteiger partial charge < -0.3 is 19.1 Å². The van der Waals surface area contributed by atoms with Crippen LogP contribution in [-0.4, -0.2) is 43.2 Å². The summed E-state index contributed by atoms with van der Waals surface area (Å²) in [5, 5.41) is 0. The maximum absolute atomic E-state index is 12.6. The number of carbonyl (C=O) groups excluding carboxylic acids is 1. The molecule has 5 nitrogen and oxygen atoms in total. The molecule has 0 saturated carbocycles. The van der Waals surface area contributed by atoms with Gasteiger partial charge >= 0.3 is 6.61 Å². The first kappa shape index (κ1) is 19.7. The molecule has 3 rings (SSSR count). The molecule has 0 N–H and O–H groups in total. The molecule has 7 heteroatoms. The van der Waals surface area contributed by atoms with Crippen LogP contribution in [0.1, 0.15) is 12.5 Å². The third kappa shape index (κ3) is 5.00. The number of amides is 1. The summed E-state index contributed by atoms with van der Waals surface area (Å²) in [5.74, 6) is 1.10. The molecule has 2 aromatic rings. The first-order valence-corrected chi connectivity index (χ1v) is 8.96. The summed E-state index contributed by atoms with van der Waals surface area (Å²) in [4.78, 5) is 14.2. The van der Waals surface area contributed by atoms with Crippen molar-refractivity contribution in [2.24, 2.45) is 0 Å². The number of likely N-dealkylation sites (N-methyl/N-ethyl adjacent to an activating group) is 1. The predicted octanol–water partition coefficient (Wildman–Crippen LogP) is 3.99. The van der Waals surface area contributed by atoms with Gasteiger partial charge in [-0.3, -0.25) is 4.79 Å². The zero-order valence-electron chi connectivity index (χ0n) is 15.4. The Morgan fingerprint density at radius 3 is 2.68 bits per heavy atom. The smallest absolute Gasteiger partial charge is 0.387 e. The molecule has 1 aliphatic rings. The van der Waals surface area contributed by atoms with Gasteiger partial charge in [-0.2, -0.15) is 8.78 Å². The molecule has 1 aliphatic heterocycles. The van der Waals surface area contributed by atoms with Crippen LogP contribution in [0, 0.1) is 0 Å². The van der Waals surface area contributed by atoms with Crippen LogP contribution >= 0.6 is 0 Å². The quantitative estimate of drug-likeness (QED) is 0.672. The van der Waals surface area contributed by atoms with Gasteiger partial charge in [-0.15, -0.1) is 0 Å². The summed E-state index contributed by atoms with van der Waals surface area (Å²) in [6.45, 7) is 0.0965. The highest BCUT2D eigenvalue weighted by molar-refractivity contribution is 5.92. The Morgan fingerprint density at radius 2 is 1.93 bits per heavy atom. The van der Waals surface area contributed by atoms with Gasteiger partial charge in [-0.25, -0.2) is 0 Å². The molecule has 0 bridgehead atoms. The van der Waals surface area contributed by atoms with Crippen LogP contribution in [0.3, 0.4) is 0 Å². The lowest BCUT2D eigenvalue weighted by molar-refractivity contribution is -0.127. The van der Waals surface area contributed by atoms with Crippen LogP contribution in [-0.2, 0) is 4.79 Å². The lowest BCUT2D eigenvalue weighted by Gasteiger charge is -2.30. The van der Waals surface area contributed by atoms with Gasteiger partial charge in [0.25, 0.3) is 0 Å². The average Bonchev–Trinajstić information content (AvgIpc) is 2.70. The van der Waals surface area contributed by atoms with E-state index in [0.29, 0.717) is 36.8 Å². The minimum atomic E-state index is -2.93. The van der Waals surface area contributed by atoms with Crippen LogP contribution in [0.25, 0.3) is 6.08 Å². The number of hydrogen-bond acceptors (Lipinski definition) is 4. The molecular weight excluding hydrogens is 368 g/mol. The number of para-hydroxylation sites is 3. The second kappa shape index (κ2) is 9.21. The fourth-order valence-electron chi connectivity index (χ4n) is 2.86. The first-order chi connectivity index (χ1) is 13.6. The fraction of sp³-hybridized carbons (Fsp3) is 0.286. The van der Waals surface area contributed by atoms with Gasteiger partial charge in [0, 0.05) is 18.2 Å². The Morgan fingerprint density at radius 1 is 1.21 bits per heavy atom. The van der Waals surface area contributed by atoms with Crippen molar-refractivity contribution >= 4 is 12.0 Å². The van der Waals surface area contributed by atoms with Gasteiger partial charge in [-0.1, -0.05) is 30.3 Å². The Bertz CT molecular complexity index is 841. The zero-order chi connectivity index (χ0) is 19.9. The monoisotopic (exact) mass is 389 g/mol. The van der Waals surface area contributed by atoms with Crippen molar-refractivity contribution in [1.29, 1.82) is 0 Å². The molecule has 0 aliphatic carbocycles. The largest absolute Gasteiger partial charge is 0.486 e. The van der Waals surface area contributed by atoms with Gasteiger partial charge in [0.05, 0.1) is 6.54 Å². The third-order valence-electron chi connectivity index (χ3n) is 4.23.